The summed E-state index contributed by atoms with van der Waals surface area (Å²) in [7, 11) is 0. The van der Waals surface area contributed by atoms with E-state index in [1.54, 1.807) is 6.33 Å². The predicted octanol–water partition coefficient (Wildman–Crippen LogP) is 1.56. The van der Waals surface area contributed by atoms with Crippen molar-refractivity contribution in [1.82, 2.24) is 15.0 Å². The van der Waals surface area contributed by atoms with Crippen molar-refractivity contribution in [3.05, 3.63) is 22.2 Å². The van der Waals surface area contributed by atoms with Gasteiger partial charge in [0.05, 0.1) is 11.8 Å². The highest BCUT2D eigenvalue weighted by Gasteiger charge is 1.95. The molecule has 2 aromatic heterocycles. The first-order valence-electron chi connectivity index (χ1n) is 2.82. The number of hydrogen-bond acceptors (Lipinski definition) is 2. The Bertz CT molecular complexity index is 355. The number of aromatic amines is 1. The Labute approximate surface area is 71.0 Å². The third-order valence-corrected chi connectivity index (χ3v) is 1.85. The Morgan fingerprint density at radius 2 is 2.30 bits per heavy atom. The molecule has 0 amide bonds. The lowest BCUT2D eigenvalue weighted by atomic mass is 10.4. The molecule has 0 unspecified atom stereocenters. The smallest absolute Gasteiger partial charge is 0.178 e. The molecule has 50 valence electrons. The Kier molecular flexibility index (Phi) is 1.33. The van der Waals surface area contributed by atoms with Gasteiger partial charge in [-0.1, -0.05) is 0 Å². The number of aromatic nitrogens is 3. The molecular weight excluding hydrogens is 241 g/mol. The van der Waals surface area contributed by atoms with Crippen LogP contribution >= 0.6 is 22.6 Å². The Balaban J connectivity index is 2.86. The third-order valence-electron chi connectivity index (χ3n) is 1.25. The number of rotatable bonds is 0. The normalized spacial score (nSPS) is 10.5. The number of pyridine rings is 1. The third kappa shape index (κ3) is 0.880. The number of imidazole rings is 1. The Morgan fingerprint density at radius 1 is 1.40 bits per heavy atom. The van der Waals surface area contributed by atoms with Gasteiger partial charge in [0.15, 0.2) is 5.65 Å². The van der Waals surface area contributed by atoms with E-state index in [1.807, 2.05) is 12.1 Å². The summed E-state index contributed by atoms with van der Waals surface area (Å²) in [6, 6.07) is 3.91. The molecule has 2 aromatic rings. The molecular formula is C6H4IN3. The van der Waals surface area contributed by atoms with Crippen LogP contribution in [0.5, 0.6) is 0 Å². The standard InChI is InChI=1S/C6H4IN3/c7-5-2-1-4-6(10-5)9-3-8-4/h1-3H,(H,8,9,10). The minimum Gasteiger partial charge on any atom is -0.343 e. The molecule has 2 rings (SSSR count). The molecule has 0 spiro atoms. The summed E-state index contributed by atoms with van der Waals surface area (Å²) in [6.45, 7) is 0. The van der Waals surface area contributed by atoms with Gasteiger partial charge in [-0.05, 0) is 34.7 Å². The van der Waals surface area contributed by atoms with Crippen LogP contribution in [0.25, 0.3) is 11.2 Å². The van der Waals surface area contributed by atoms with Gasteiger partial charge in [-0.25, -0.2) is 9.97 Å². The van der Waals surface area contributed by atoms with E-state index < -0.39 is 0 Å². The molecule has 1 N–H and O–H groups in total. The van der Waals surface area contributed by atoms with E-state index in [1.165, 1.54) is 0 Å². The number of halogens is 1. The lowest BCUT2D eigenvalue weighted by Gasteiger charge is -1.86. The second-order valence-electron chi connectivity index (χ2n) is 1.91. The molecule has 0 aliphatic heterocycles. The number of hydrogen-bond donors (Lipinski definition) is 1. The van der Waals surface area contributed by atoms with E-state index in [0.717, 1.165) is 14.9 Å². The Hall–Kier alpha value is -0.650. The van der Waals surface area contributed by atoms with Gasteiger partial charge < -0.3 is 4.98 Å². The van der Waals surface area contributed by atoms with Crippen LogP contribution in [0.1, 0.15) is 0 Å². The lowest BCUT2D eigenvalue weighted by Crippen LogP contribution is -1.79. The molecule has 4 heteroatoms. The molecule has 0 saturated carbocycles. The van der Waals surface area contributed by atoms with Gasteiger partial charge in [-0.2, -0.15) is 0 Å². The summed E-state index contributed by atoms with van der Waals surface area (Å²) in [5.74, 6) is 0. The van der Waals surface area contributed by atoms with Crippen molar-refractivity contribution < 1.29 is 0 Å². The van der Waals surface area contributed by atoms with Crippen LogP contribution in [0.4, 0.5) is 0 Å². The second kappa shape index (κ2) is 2.19. The zero-order valence-corrected chi connectivity index (χ0v) is 7.16. The first-order valence-corrected chi connectivity index (χ1v) is 3.90. The van der Waals surface area contributed by atoms with E-state index in [-0.39, 0.29) is 0 Å². The van der Waals surface area contributed by atoms with Gasteiger partial charge in [0.2, 0.25) is 0 Å². The highest BCUT2D eigenvalue weighted by molar-refractivity contribution is 14.1. The highest BCUT2D eigenvalue weighted by Crippen LogP contribution is 2.07. The van der Waals surface area contributed by atoms with E-state index in [4.69, 9.17) is 0 Å². The first-order chi connectivity index (χ1) is 4.86. The lowest BCUT2D eigenvalue weighted by molar-refractivity contribution is 1.28. The SMILES string of the molecule is Ic1ccc2[nH]cnc2n1. The quantitative estimate of drug-likeness (QED) is 0.565. The fourth-order valence-electron chi connectivity index (χ4n) is 0.799. The minimum atomic E-state index is 0.784. The molecule has 10 heavy (non-hydrogen) atoms. The van der Waals surface area contributed by atoms with Crippen molar-refractivity contribution in [3.63, 3.8) is 0 Å². The largest absolute Gasteiger partial charge is 0.343 e. The van der Waals surface area contributed by atoms with Crippen LogP contribution in [-0.2, 0) is 0 Å². The number of nitrogens with one attached hydrogen (secondary N) is 1. The zero-order chi connectivity index (χ0) is 6.97. The van der Waals surface area contributed by atoms with Crippen LogP contribution in [0.3, 0.4) is 0 Å². The molecule has 3 nitrogen and oxygen atoms in total. The van der Waals surface area contributed by atoms with Gasteiger partial charge in [-0.15, -0.1) is 0 Å². The maximum Gasteiger partial charge on any atom is 0.178 e. The molecule has 0 aliphatic carbocycles. The second-order valence-corrected chi connectivity index (χ2v) is 3.01. The van der Waals surface area contributed by atoms with E-state index in [0.29, 0.717) is 0 Å². The number of fused-ring (bicyclic) bond motifs is 1. The minimum absolute atomic E-state index is 0.784. The van der Waals surface area contributed by atoms with Crippen molar-refractivity contribution in [2.75, 3.05) is 0 Å². The van der Waals surface area contributed by atoms with Gasteiger partial charge in [-0.3, -0.25) is 0 Å². The fourth-order valence-corrected chi connectivity index (χ4v) is 1.21. The van der Waals surface area contributed by atoms with Crippen molar-refractivity contribution in [2.45, 2.75) is 0 Å². The predicted molar refractivity (Wildman–Crippen MR) is 46.6 cm³/mol. The molecule has 0 aromatic carbocycles. The molecule has 0 fully saturated rings. The van der Waals surface area contributed by atoms with Crippen LogP contribution in [0.15, 0.2) is 18.5 Å². The van der Waals surface area contributed by atoms with Crippen LogP contribution < -0.4 is 0 Å². The summed E-state index contributed by atoms with van der Waals surface area (Å²) in [5, 5.41) is 0. The molecule has 2 heterocycles. The number of H-pyrrole nitrogens is 1. The Morgan fingerprint density at radius 3 is 3.20 bits per heavy atom. The van der Waals surface area contributed by atoms with Gasteiger partial charge in [0, 0.05) is 0 Å². The van der Waals surface area contributed by atoms with E-state index in [2.05, 4.69) is 37.5 Å². The topological polar surface area (TPSA) is 41.6 Å². The summed E-state index contributed by atoms with van der Waals surface area (Å²) >= 11 is 2.16. The van der Waals surface area contributed by atoms with E-state index in [9.17, 15) is 0 Å². The molecule has 0 bridgehead atoms. The van der Waals surface area contributed by atoms with Gasteiger partial charge >= 0.3 is 0 Å². The molecule has 0 aliphatic rings. The van der Waals surface area contributed by atoms with Gasteiger partial charge in [0.25, 0.3) is 0 Å². The van der Waals surface area contributed by atoms with Crippen molar-refractivity contribution >= 4 is 33.8 Å². The van der Waals surface area contributed by atoms with Crippen molar-refractivity contribution in [1.29, 1.82) is 0 Å². The summed E-state index contributed by atoms with van der Waals surface area (Å²) in [4.78, 5) is 11.2. The number of nitrogens with zero attached hydrogens (tertiary/aromatic N) is 2. The first kappa shape index (κ1) is 6.09. The van der Waals surface area contributed by atoms with Crippen LogP contribution in [-0.4, -0.2) is 15.0 Å². The summed E-state index contributed by atoms with van der Waals surface area (Å²) in [6.07, 6.45) is 1.65. The molecule has 0 saturated heterocycles. The van der Waals surface area contributed by atoms with Crippen LogP contribution in [0.2, 0.25) is 0 Å². The average Bonchev–Trinajstić information content (AvgIpc) is 2.33. The van der Waals surface area contributed by atoms with Crippen LogP contribution in [0, 0.1) is 3.70 Å². The monoisotopic (exact) mass is 245 g/mol. The highest BCUT2D eigenvalue weighted by atomic mass is 127. The van der Waals surface area contributed by atoms with Crippen molar-refractivity contribution in [3.8, 4) is 0 Å². The van der Waals surface area contributed by atoms with E-state index >= 15 is 0 Å². The average molecular weight is 245 g/mol. The van der Waals surface area contributed by atoms with Gasteiger partial charge in [0.1, 0.15) is 3.70 Å². The van der Waals surface area contributed by atoms with Crippen molar-refractivity contribution in [2.24, 2.45) is 0 Å². The maximum atomic E-state index is 4.18. The fraction of sp³-hybridized carbons (Fsp3) is 0. The maximum absolute atomic E-state index is 4.18. The molecule has 0 atom stereocenters. The summed E-state index contributed by atoms with van der Waals surface area (Å²) in [5.41, 5.74) is 1.77. The zero-order valence-electron chi connectivity index (χ0n) is 5.00. The summed E-state index contributed by atoms with van der Waals surface area (Å²) < 4.78 is 0.970. The molecule has 0 radical (unpaired) electrons.